The van der Waals surface area contributed by atoms with Gasteiger partial charge in [0.05, 0.1) is 0 Å². The molecule has 0 saturated heterocycles. The predicted molar refractivity (Wildman–Crippen MR) is 212 cm³/mol. The summed E-state index contributed by atoms with van der Waals surface area (Å²) in [6.07, 6.45) is 0. The van der Waals surface area contributed by atoms with E-state index in [2.05, 4.69) is 193 Å². The minimum absolute atomic E-state index is 1.12. The van der Waals surface area contributed by atoms with Crippen molar-refractivity contribution in [2.24, 2.45) is 0 Å². The molecule has 0 aromatic heterocycles. The summed E-state index contributed by atoms with van der Waals surface area (Å²) in [6, 6.07) is 68.9. The highest BCUT2D eigenvalue weighted by atomic mass is 15.1. The molecule has 0 radical (unpaired) electrons. The fraction of sp³-hybridized carbons (Fsp3) is 0. The van der Waals surface area contributed by atoms with Gasteiger partial charge >= 0.3 is 0 Å². The second-order valence-electron chi connectivity index (χ2n) is 13.0. The van der Waals surface area contributed by atoms with E-state index in [0.717, 1.165) is 17.1 Å². The molecule has 0 amide bonds. The molecule has 49 heavy (non-hydrogen) atoms. The van der Waals surface area contributed by atoms with Gasteiger partial charge in [0, 0.05) is 17.1 Å². The molecule has 0 N–H and O–H groups in total. The van der Waals surface area contributed by atoms with E-state index in [9.17, 15) is 0 Å². The van der Waals surface area contributed by atoms with Crippen molar-refractivity contribution in [3.05, 3.63) is 188 Å². The van der Waals surface area contributed by atoms with Crippen LogP contribution in [-0.4, -0.2) is 0 Å². The van der Waals surface area contributed by atoms with E-state index in [1.54, 1.807) is 0 Å². The van der Waals surface area contributed by atoms with Crippen LogP contribution in [0.3, 0.4) is 0 Å². The van der Waals surface area contributed by atoms with E-state index in [0.29, 0.717) is 0 Å². The van der Waals surface area contributed by atoms with E-state index in [1.807, 2.05) is 0 Å². The quantitative estimate of drug-likeness (QED) is 0.177. The van der Waals surface area contributed by atoms with Crippen molar-refractivity contribution in [3.63, 3.8) is 0 Å². The van der Waals surface area contributed by atoms with Crippen molar-refractivity contribution in [1.29, 1.82) is 0 Å². The molecule has 0 saturated carbocycles. The molecule has 0 aliphatic heterocycles. The van der Waals surface area contributed by atoms with Gasteiger partial charge in [0.1, 0.15) is 0 Å². The van der Waals surface area contributed by atoms with Crippen LogP contribution in [0.1, 0.15) is 0 Å². The molecule has 1 nitrogen and oxygen atoms in total. The Kier molecular flexibility index (Phi) is 6.25. The lowest BCUT2D eigenvalue weighted by Gasteiger charge is -2.27. The maximum atomic E-state index is 2.39. The molecule has 0 fully saturated rings. The van der Waals surface area contributed by atoms with E-state index in [1.165, 1.54) is 75.8 Å². The largest absolute Gasteiger partial charge is 0.310 e. The standard InChI is InChI=1S/C48H31N/c1-4-12-42-32(8-1)17-20-37-30-40(26-28-44(37)42)49(41-27-29-45-38(31-41)21-18-33-9-2-5-13-43(33)45)39-24-22-35(23-25-39)47-15-7-11-36-19-16-34-10-3-6-14-46(34)48(36)47/h1-31H. The third-order valence-electron chi connectivity index (χ3n) is 10.2. The normalized spacial score (nSPS) is 11.7. The van der Waals surface area contributed by atoms with Gasteiger partial charge in [0.15, 0.2) is 0 Å². The minimum atomic E-state index is 1.12. The topological polar surface area (TPSA) is 3.24 Å². The Morgan fingerprint density at radius 2 is 0.694 bits per heavy atom. The first kappa shape index (κ1) is 27.7. The van der Waals surface area contributed by atoms with Gasteiger partial charge < -0.3 is 4.90 Å². The molecule has 0 bridgehead atoms. The second kappa shape index (κ2) is 11.1. The summed E-state index contributed by atoms with van der Waals surface area (Å²) in [5, 5.41) is 15.2. The molecule has 0 aliphatic carbocycles. The first-order valence-corrected chi connectivity index (χ1v) is 16.9. The van der Waals surface area contributed by atoms with Gasteiger partial charge in [-0.05, 0) is 112 Å². The van der Waals surface area contributed by atoms with Crippen LogP contribution in [0, 0.1) is 0 Å². The van der Waals surface area contributed by atoms with Gasteiger partial charge in [-0.2, -0.15) is 0 Å². The lowest BCUT2D eigenvalue weighted by molar-refractivity contribution is 1.30. The van der Waals surface area contributed by atoms with Crippen LogP contribution in [-0.2, 0) is 0 Å². The molecule has 0 atom stereocenters. The van der Waals surface area contributed by atoms with Crippen molar-refractivity contribution >= 4 is 81.7 Å². The molecule has 10 rings (SSSR count). The van der Waals surface area contributed by atoms with Gasteiger partial charge in [-0.1, -0.05) is 152 Å². The maximum absolute atomic E-state index is 2.39. The highest BCUT2D eigenvalue weighted by molar-refractivity contribution is 6.14. The molecule has 0 spiro atoms. The summed E-state index contributed by atoms with van der Waals surface area (Å²) in [6.45, 7) is 0. The third kappa shape index (κ3) is 4.55. The van der Waals surface area contributed by atoms with Gasteiger partial charge in [0.25, 0.3) is 0 Å². The van der Waals surface area contributed by atoms with Crippen LogP contribution < -0.4 is 4.90 Å². The molecular weight excluding hydrogens is 591 g/mol. The smallest absolute Gasteiger partial charge is 0.0468 e. The molecular formula is C48H31N. The summed E-state index contributed by atoms with van der Waals surface area (Å²) in [5.74, 6) is 0. The number of anilines is 3. The molecule has 0 aliphatic rings. The van der Waals surface area contributed by atoms with Crippen molar-refractivity contribution in [1.82, 2.24) is 0 Å². The Hall–Kier alpha value is -6.44. The highest BCUT2D eigenvalue weighted by Gasteiger charge is 2.16. The van der Waals surface area contributed by atoms with Gasteiger partial charge in [-0.15, -0.1) is 0 Å². The Morgan fingerprint density at radius 1 is 0.265 bits per heavy atom. The zero-order valence-electron chi connectivity index (χ0n) is 26.8. The number of benzene rings is 10. The second-order valence-corrected chi connectivity index (χ2v) is 13.0. The SMILES string of the molecule is c1ccc2c(c1)ccc1cc(N(c3ccc(-c4cccc5ccc6ccccc6c45)cc3)c3ccc4c(ccc5ccccc54)c3)ccc12. The molecule has 10 aromatic rings. The fourth-order valence-corrected chi connectivity index (χ4v) is 7.82. The monoisotopic (exact) mass is 621 g/mol. The van der Waals surface area contributed by atoms with E-state index >= 15 is 0 Å². The van der Waals surface area contributed by atoms with Crippen LogP contribution in [0.5, 0.6) is 0 Å². The van der Waals surface area contributed by atoms with E-state index < -0.39 is 0 Å². The van der Waals surface area contributed by atoms with Crippen molar-refractivity contribution in [2.75, 3.05) is 4.90 Å². The number of hydrogen-bond donors (Lipinski definition) is 0. The average Bonchev–Trinajstić information content (AvgIpc) is 3.17. The summed E-state index contributed by atoms with van der Waals surface area (Å²) >= 11 is 0. The fourth-order valence-electron chi connectivity index (χ4n) is 7.82. The number of nitrogens with zero attached hydrogens (tertiary/aromatic N) is 1. The van der Waals surface area contributed by atoms with Crippen molar-refractivity contribution in [2.45, 2.75) is 0 Å². The van der Waals surface area contributed by atoms with Crippen molar-refractivity contribution < 1.29 is 0 Å². The first-order chi connectivity index (χ1) is 24.3. The van der Waals surface area contributed by atoms with Crippen LogP contribution in [0.4, 0.5) is 17.1 Å². The Labute approximate surface area is 284 Å². The molecule has 228 valence electrons. The molecule has 10 aromatic carbocycles. The van der Waals surface area contributed by atoms with Crippen molar-refractivity contribution in [3.8, 4) is 11.1 Å². The maximum Gasteiger partial charge on any atom is 0.0468 e. The zero-order valence-corrected chi connectivity index (χ0v) is 26.8. The van der Waals surface area contributed by atoms with Gasteiger partial charge in [0.2, 0.25) is 0 Å². The predicted octanol–water partition coefficient (Wildman–Crippen LogP) is 13.7. The van der Waals surface area contributed by atoms with Crippen LogP contribution in [0.2, 0.25) is 0 Å². The highest BCUT2D eigenvalue weighted by Crippen LogP contribution is 2.41. The van der Waals surface area contributed by atoms with Gasteiger partial charge in [-0.25, -0.2) is 0 Å². The van der Waals surface area contributed by atoms with Crippen LogP contribution >= 0.6 is 0 Å². The first-order valence-electron chi connectivity index (χ1n) is 16.9. The Morgan fingerprint density at radius 3 is 1.29 bits per heavy atom. The Balaban J connectivity index is 1.15. The summed E-state index contributed by atoms with van der Waals surface area (Å²) in [7, 11) is 0. The number of rotatable bonds is 4. The third-order valence-corrected chi connectivity index (χ3v) is 10.2. The lowest BCUT2D eigenvalue weighted by Crippen LogP contribution is -2.10. The van der Waals surface area contributed by atoms with E-state index in [4.69, 9.17) is 0 Å². The van der Waals surface area contributed by atoms with Crippen LogP contribution in [0.25, 0.3) is 75.8 Å². The summed E-state index contributed by atoms with van der Waals surface area (Å²) < 4.78 is 0. The Bertz CT molecular complexity index is 2760. The minimum Gasteiger partial charge on any atom is -0.310 e. The number of hydrogen-bond acceptors (Lipinski definition) is 1. The molecule has 1 heteroatoms. The summed E-state index contributed by atoms with van der Waals surface area (Å²) in [4.78, 5) is 2.39. The lowest BCUT2D eigenvalue weighted by atomic mass is 9.93. The van der Waals surface area contributed by atoms with Crippen LogP contribution in [0.15, 0.2) is 188 Å². The van der Waals surface area contributed by atoms with Gasteiger partial charge in [-0.3, -0.25) is 0 Å². The average molecular weight is 622 g/mol. The molecule has 0 heterocycles. The molecule has 0 unspecified atom stereocenters. The summed E-state index contributed by atoms with van der Waals surface area (Å²) in [5.41, 5.74) is 5.84. The van der Waals surface area contributed by atoms with E-state index in [-0.39, 0.29) is 0 Å². The number of fused-ring (bicyclic) bond motifs is 9. The zero-order chi connectivity index (χ0) is 32.3.